The van der Waals surface area contributed by atoms with Crippen LogP contribution in [0.1, 0.15) is 16.2 Å². The van der Waals surface area contributed by atoms with E-state index in [-0.39, 0.29) is 12.1 Å². The first kappa shape index (κ1) is 17.9. The average molecular weight is 364 g/mol. The summed E-state index contributed by atoms with van der Waals surface area (Å²) in [6, 6.07) is 10.7. The predicted octanol–water partition coefficient (Wildman–Crippen LogP) is 0.0578. The third-order valence-electron chi connectivity index (χ3n) is 3.75. The van der Waals surface area contributed by atoms with E-state index in [2.05, 4.69) is 20.4 Å². The number of carbonyl (C=O) groups excluding carboxylic acids is 3. The molecule has 3 aromatic heterocycles. The number of pyridine rings is 2. The van der Waals surface area contributed by atoms with E-state index in [1.165, 1.54) is 16.9 Å². The minimum absolute atomic E-state index is 0.0338. The molecule has 27 heavy (non-hydrogen) atoms. The van der Waals surface area contributed by atoms with Crippen molar-refractivity contribution in [2.24, 2.45) is 5.73 Å². The molecule has 0 aromatic carbocycles. The Morgan fingerprint density at radius 2 is 1.74 bits per heavy atom. The number of ketones is 1. The zero-order valence-electron chi connectivity index (χ0n) is 14.1. The van der Waals surface area contributed by atoms with Crippen LogP contribution in [-0.2, 0) is 16.0 Å². The Bertz CT molecular complexity index is 955. The predicted molar refractivity (Wildman–Crippen MR) is 94.8 cm³/mol. The molecule has 0 saturated carbocycles. The Morgan fingerprint density at radius 3 is 2.37 bits per heavy atom. The molecule has 9 heteroatoms. The van der Waals surface area contributed by atoms with Crippen LogP contribution in [0, 0.1) is 0 Å². The second-order valence-corrected chi connectivity index (χ2v) is 5.60. The standard InChI is InChI=1S/C18H16N6O3/c19-17(26)16(25)13(11-12-5-1-3-8-20-12)23-18(27)14-7-10-22-24(14)15-6-2-4-9-21-15/h1-10,13H,11H2,(H2,19,26)(H,23,27). The second kappa shape index (κ2) is 8.00. The lowest BCUT2D eigenvalue weighted by molar-refractivity contribution is -0.137. The van der Waals surface area contributed by atoms with Gasteiger partial charge in [-0.05, 0) is 30.3 Å². The maximum Gasteiger partial charge on any atom is 0.287 e. The van der Waals surface area contributed by atoms with E-state index in [4.69, 9.17) is 5.73 Å². The number of nitrogens with one attached hydrogen (secondary N) is 1. The van der Waals surface area contributed by atoms with Crippen LogP contribution in [0.4, 0.5) is 0 Å². The van der Waals surface area contributed by atoms with Gasteiger partial charge in [0.15, 0.2) is 5.82 Å². The van der Waals surface area contributed by atoms with Crippen molar-refractivity contribution in [3.05, 3.63) is 72.4 Å². The number of amides is 2. The van der Waals surface area contributed by atoms with Gasteiger partial charge in [-0.3, -0.25) is 19.4 Å². The van der Waals surface area contributed by atoms with E-state index in [0.717, 1.165) is 0 Å². The van der Waals surface area contributed by atoms with Gasteiger partial charge in [0.05, 0.1) is 6.20 Å². The molecule has 1 atom stereocenters. The molecule has 0 saturated heterocycles. The number of aromatic nitrogens is 4. The second-order valence-electron chi connectivity index (χ2n) is 5.60. The van der Waals surface area contributed by atoms with Crippen LogP contribution in [0.25, 0.3) is 5.82 Å². The fourth-order valence-electron chi connectivity index (χ4n) is 2.48. The monoisotopic (exact) mass is 364 g/mol. The van der Waals surface area contributed by atoms with E-state index in [0.29, 0.717) is 11.5 Å². The zero-order chi connectivity index (χ0) is 19.2. The molecule has 0 aliphatic carbocycles. The number of hydrogen-bond donors (Lipinski definition) is 2. The van der Waals surface area contributed by atoms with Crippen LogP contribution in [-0.4, -0.2) is 43.4 Å². The summed E-state index contributed by atoms with van der Waals surface area (Å²) in [6.07, 6.45) is 4.59. The summed E-state index contributed by atoms with van der Waals surface area (Å²) in [5.74, 6) is -2.18. The molecule has 9 nitrogen and oxygen atoms in total. The number of primary amides is 1. The molecule has 3 aromatic rings. The average Bonchev–Trinajstić information content (AvgIpc) is 3.18. The number of hydrogen-bond acceptors (Lipinski definition) is 6. The van der Waals surface area contributed by atoms with Crippen molar-refractivity contribution in [3.63, 3.8) is 0 Å². The van der Waals surface area contributed by atoms with E-state index in [1.807, 2.05) is 0 Å². The highest BCUT2D eigenvalue weighted by atomic mass is 16.2. The van der Waals surface area contributed by atoms with Gasteiger partial charge >= 0.3 is 0 Å². The summed E-state index contributed by atoms with van der Waals surface area (Å²) >= 11 is 0. The lowest BCUT2D eigenvalue weighted by Gasteiger charge is -2.16. The van der Waals surface area contributed by atoms with Gasteiger partial charge in [0, 0.05) is 24.5 Å². The summed E-state index contributed by atoms with van der Waals surface area (Å²) in [5.41, 5.74) is 5.82. The molecule has 0 radical (unpaired) electrons. The fourth-order valence-corrected chi connectivity index (χ4v) is 2.48. The van der Waals surface area contributed by atoms with Gasteiger partial charge in [0.25, 0.3) is 11.8 Å². The van der Waals surface area contributed by atoms with Gasteiger partial charge in [-0.2, -0.15) is 5.10 Å². The van der Waals surface area contributed by atoms with Gasteiger partial charge in [-0.1, -0.05) is 12.1 Å². The van der Waals surface area contributed by atoms with E-state index >= 15 is 0 Å². The summed E-state index contributed by atoms with van der Waals surface area (Å²) < 4.78 is 1.34. The summed E-state index contributed by atoms with van der Waals surface area (Å²) in [4.78, 5) is 44.5. The molecular formula is C18H16N6O3. The van der Waals surface area contributed by atoms with Crippen molar-refractivity contribution in [3.8, 4) is 5.82 Å². The van der Waals surface area contributed by atoms with Crippen molar-refractivity contribution in [2.45, 2.75) is 12.5 Å². The van der Waals surface area contributed by atoms with Crippen LogP contribution in [0.2, 0.25) is 0 Å². The van der Waals surface area contributed by atoms with Crippen molar-refractivity contribution in [1.82, 2.24) is 25.1 Å². The minimum Gasteiger partial charge on any atom is -0.363 e. The van der Waals surface area contributed by atoms with E-state index in [9.17, 15) is 14.4 Å². The molecule has 3 N–H and O–H groups in total. The quantitative estimate of drug-likeness (QED) is 0.570. The first-order valence-corrected chi connectivity index (χ1v) is 8.06. The van der Waals surface area contributed by atoms with E-state index in [1.54, 1.807) is 48.8 Å². The topological polar surface area (TPSA) is 133 Å². The molecule has 0 aliphatic rings. The normalized spacial score (nSPS) is 11.6. The number of nitrogens with two attached hydrogens (primary N) is 1. The van der Waals surface area contributed by atoms with Gasteiger partial charge < -0.3 is 11.1 Å². The minimum atomic E-state index is -1.14. The number of rotatable bonds is 7. The molecular weight excluding hydrogens is 348 g/mol. The fraction of sp³-hybridized carbons (Fsp3) is 0.111. The number of carbonyl (C=O) groups is 3. The summed E-state index contributed by atoms with van der Waals surface area (Å²) in [7, 11) is 0. The van der Waals surface area contributed by atoms with E-state index < -0.39 is 23.6 Å². The molecule has 136 valence electrons. The van der Waals surface area contributed by atoms with Crippen LogP contribution < -0.4 is 11.1 Å². The molecule has 0 bridgehead atoms. The Kier molecular flexibility index (Phi) is 5.31. The van der Waals surface area contributed by atoms with Crippen LogP contribution >= 0.6 is 0 Å². The Balaban J connectivity index is 1.84. The summed E-state index contributed by atoms with van der Waals surface area (Å²) in [5, 5.41) is 6.62. The van der Waals surface area contributed by atoms with Gasteiger partial charge in [0.1, 0.15) is 11.7 Å². The highest BCUT2D eigenvalue weighted by Gasteiger charge is 2.27. The van der Waals surface area contributed by atoms with Crippen LogP contribution in [0.3, 0.4) is 0 Å². The van der Waals surface area contributed by atoms with Gasteiger partial charge in [-0.15, -0.1) is 0 Å². The number of Topliss-reactive ketones (excluding diaryl/α,β-unsaturated/α-hetero) is 1. The summed E-state index contributed by atoms with van der Waals surface area (Å²) in [6.45, 7) is 0. The van der Waals surface area contributed by atoms with Gasteiger partial charge in [0.2, 0.25) is 5.78 Å². The highest BCUT2D eigenvalue weighted by molar-refractivity contribution is 6.38. The molecule has 0 aliphatic heterocycles. The third kappa shape index (κ3) is 4.21. The first-order valence-electron chi connectivity index (χ1n) is 8.06. The lowest BCUT2D eigenvalue weighted by atomic mass is 10.1. The van der Waals surface area contributed by atoms with Crippen LogP contribution in [0.15, 0.2) is 61.1 Å². The Hall–Kier alpha value is -3.88. The number of nitrogens with zero attached hydrogens (tertiary/aromatic N) is 4. The molecule has 0 spiro atoms. The third-order valence-corrected chi connectivity index (χ3v) is 3.75. The molecule has 2 amide bonds. The molecule has 3 rings (SSSR count). The molecule has 0 fully saturated rings. The molecule has 3 heterocycles. The smallest absolute Gasteiger partial charge is 0.287 e. The zero-order valence-corrected chi connectivity index (χ0v) is 14.1. The largest absolute Gasteiger partial charge is 0.363 e. The first-order chi connectivity index (χ1) is 13.1. The maximum absolute atomic E-state index is 12.7. The van der Waals surface area contributed by atoms with Crippen molar-refractivity contribution >= 4 is 17.6 Å². The lowest BCUT2D eigenvalue weighted by Crippen LogP contribution is -2.47. The Labute approximate surface area is 154 Å². The maximum atomic E-state index is 12.7. The van der Waals surface area contributed by atoms with Crippen molar-refractivity contribution in [2.75, 3.05) is 0 Å². The van der Waals surface area contributed by atoms with Crippen molar-refractivity contribution < 1.29 is 14.4 Å². The highest BCUT2D eigenvalue weighted by Crippen LogP contribution is 2.09. The molecule has 1 unspecified atom stereocenters. The Morgan fingerprint density at radius 1 is 1.00 bits per heavy atom. The SMILES string of the molecule is NC(=O)C(=O)C(Cc1ccccn1)NC(=O)c1ccnn1-c1ccccn1. The van der Waals surface area contributed by atoms with Gasteiger partial charge in [-0.25, -0.2) is 9.67 Å². The van der Waals surface area contributed by atoms with Crippen LogP contribution in [0.5, 0.6) is 0 Å². The van der Waals surface area contributed by atoms with Crippen molar-refractivity contribution in [1.29, 1.82) is 0 Å².